The predicted octanol–water partition coefficient (Wildman–Crippen LogP) is 4.39. The molecule has 4 aromatic rings. The molecule has 0 radical (unpaired) electrons. The molecule has 3 saturated heterocycles. The highest BCUT2D eigenvalue weighted by molar-refractivity contribution is 7.90. The summed E-state index contributed by atoms with van der Waals surface area (Å²) in [6, 6.07) is 12.0. The van der Waals surface area contributed by atoms with Gasteiger partial charge in [0.1, 0.15) is 29.2 Å². The number of methoxy groups -OCH3 is 1. The van der Waals surface area contributed by atoms with E-state index in [1.807, 2.05) is 25.1 Å². The molecule has 68 heavy (non-hydrogen) atoms. The number of hydrazine groups is 1. The number of ether oxygens (including phenoxy) is 2. The Kier molecular flexibility index (Phi) is 13.7. The highest BCUT2D eigenvalue weighted by atomic mass is 32.2. The second-order valence-corrected chi connectivity index (χ2v) is 21.8. The second kappa shape index (κ2) is 19.0. The van der Waals surface area contributed by atoms with Gasteiger partial charge in [-0.1, -0.05) is 32.6 Å². The van der Waals surface area contributed by atoms with Crippen molar-refractivity contribution in [3.8, 4) is 28.1 Å². The van der Waals surface area contributed by atoms with Crippen molar-refractivity contribution >= 4 is 44.6 Å². The number of aromatic nitrogens is 2. The number of aromatic hydroxyl groups is 1. The molecule has 0 aliphatic carbocycles. The van der Waals surface area contributed by atoms with E-state index >= 15 is 0 Å². The molecule has 8 rings (SSSR count). The Labute approximate surface area is 398 Å². The molecular formula is C50H64N8O9S. The minimum Gasteiger partial charge on any atom is -0.508 e. The van der Waals surface area contributed by atoms with Crippen LogP contribution in [0.25, 0.3) is 33.3 Å². The molecular weight excluding hydrogens is 889 g/mol. The summed E-state index contributed by atoms with van der Waals surface area (Å²) in [6.07, 6.45) is 2.82. The number of cyclic esters (lactones) is 1. The van der Waals surface area contributed by atoms with Crippen molar-refractivity contribution in [2.45, 2.75) is 96.5 Å². The maximum absolute atomic E-state index is 14.7. The molecule has 3 amide bonds. The van der Waals surface area contributed by atoms with E-state index in [0.29, 0.717) is 49.1 Å². The number of fused-ring (bicyclic) bond motifs is 6. The summed E-state index contributed by atoms with van der Waals surface area (Å²) in [4.78, 5) is 64.7. The molecule has 0 saturated carbocycles. The standard InChI is InChI=1S/C50H64N8O9S/c1-10-57-41-16-15-32-23-37(41)38(45(57)36-13-11-17-51-43(36)30(4)66-9)24-50(5,6)28-67-49(63)39-14-12-18-58(53-39)48(62)40(21-31-19-33(32)22-35(59)20-31)52-46(60)44(29(2)3)55(8)47(61)34-25-56(26-34)68(64,65)42-27-54(42)7/h11,13,15-17,19-20,22-23,30,34,39-40,42,44,53,59H,2,10,12,14,18,21,24-28H2,1,3-9H3,(H,52,60)/t30-,39-,40-,42-,44-,54?/m0/s1. The number of rotatable bonds is 11. The Morgan fingerprint density at radius 3 is 2.53 bits per heavy atom. The molecule has 4 aliphatic rings. The molecule has 0 spiro atoms. The van der Waals surface area contributed by atoms with E-state index in [0.717, 1.165) is 39.0 Å². The van der Waals surface area contributed by atoms with Crippen molar-refractivity contribution in [1.29, 1.82) is 0 Å². The maximum atomic E-state index is 14.7. The van der Waals surface area contributed by atoms with Crippen LogP contribution in [0.3, 0.4) is 0 Å². The van der Waals surface area contributed by atoms with Gasteiger partial charge in [0.15, 0.2) is 0 Å². The van der Waals surface area contributed by atoms with E-state index < -0.39 is 68.5 Å². The van der Waals surface area contributed by atoms with Gasteiger partial charge in [0.05, 0.1) is 30.0 Å². The lowest BCUT2D eigenvalue weighted by atomic mass is 9.84. The maximum Gasteiger partial charge on any atom is 0.324 e. The van der Waals surface area contributed by atoms with E-state index in [9.17, 15) is 32.7 Å². The number of nitrogens with one attached hydrogen (secondary N) is 2. The van der Waals surface area contributed by atoms with Crippen molar-refractivity contribution in [3.05, 3.63) is 83.7 Å². The number of hydrogen-bond acceptors (Lipinski definition) is 12. The zero-order chi connectivity index (χ0) is 49.0. The first kappa shape index (κ1) is 48.8. The monoisotopic (exact) mass is 952 g/mol. The van der Waals surface area contributed by atoms with Gasteiger partial charge in [-0.05, 0) is 111 Å². The average Bonchev–Trinajstić information content (AvgIpc) is 3.97. The first-order chi connectivity index (χ1) is 32.2. The molecule has 2 aromatic carbocycles. The van der Waals surface area contributed by atoms with Crippen LogP contribution >= 0.6 is 0 Å². The third-order valence-electron chi connectivity index (χ3n) is 13.8. The summed E-state index contributed by atoms with van der Waals surface area (Å²) >= 11 is 0. The number of likely N-dealkylation sites (N-methyl/N-ethyl adjacent to an activating group) is 2. The van der Waals surface area contributed by atoms with Crippen LogP contribution in [0.5, 0.6) is 5.75 Å². The van der Waals surface area contributed by atoms with Crippen molar-refractivity contribution in [2.24, 2.45) is 11.3 Å². The smallest absolute Gasteiger partial charge is 0.324 e. The Bertz CT molecular complexity index is 2770. The van der Waals surface area contributed by atoms with Crippen LogP contribution in [-0.4, -0.2) is 143 Å². The summed E-state index contributed by atoms with van der Waals surface area (Å²) in [5.41, 5.74) is 9.64. The number of pyridine rings is 1. The molecule has 1 unspecified atom stereocenters. The fourth-order valence-corrected chi connectivity index (χ4v) is 12.0. The predicted molar refractivity (Wildman–Crippen MR) is 257 cm³/mol. The number of hydrogen-bond donors (Lipinski definition) is 3. The van der Waals surface area contributed by atoms with Crippen molar-refractivity contribution in [2.75, 3.05) is 54.0 Å². The lowest BCUT2D eigenvalue weighted by molar-refractivity contribution is -0.155. The second-order valence-electron chi connectivity index (χ2n) is 19.7. The molecule has 6 heterocycles. The number of nitrogens with zero attached hydrogens (tertiary/aromatic N) is 6. The largest absolute Gasteiger partial charge is 0.508 e. The summed E-state index contributed by atoms with van der Waals surface area (Å²) < 4.78 is 41.4. The molecule has 364 valence electrons. The third kappa shape index (κ3) is 9.53. The van der Waals surface area contributed by atoms with E-state index in [4.69, 9.17) is 14.5 Å². The first-order valence-corrected chi connectivity index (χ1v) is 24.9. The highest BCUT2D eigenvalue weighted by Crippen LogP contribution is 2.42. The summed E-state index contributed by atoms with van der Waals surface area (Å²) in [5.74, 6) is -2.83. The molecule has 6 atom stereocenters. The minimum atomic E-state index is -3.57. The van der Waals surface area contributed by atoms with Gasteiger partial charge >= 0.3 is 5.97 Å². The Hall–Kier alpha value is -5.66. The number of aryl methyl sites for hydroxylation is 1. The van der Waals surface area contributed by atoms with Crippen LogP contribution in [0.2, 0.25) is 0 Å². The van der Waals surface area contributed by atoms with E-state index in [-0.39, 0.29) is 44.5 Å². The summed E-state index contributed by atoms with van der Waals surface area (Å²) in [5, 5.41) is 16.0. The van der Waals surface area contributed by atoms with Gasteiger partial charge in [-0.2, -0.15) is 4.31 Å². The number of sulfonamides is 1. The Morgan fingerprint density at radius 1 is 1.12 bits per heavy atom. The van der Waals surface area contributed by atoms with Crippen LogP contribution in [0.4, 0.5) is 0 Å². The lowest BCUT2D eigenvalue weighted by Crippen LogP contribution is -2.62. The zero-order valence-corrected chi connectivity index (χ0v) is 41.1. The zero-order valence-electron chi connectivity index (χ0n) is 40.2. The quantitative estimate of drug-likeness (QED) is 0.109. The van der Waals surface area contributed by atoms with Gasteiger partial charge < -0.3 is 29.4 Å². The number of esters is 1. The molecule has 4 aliphatic heterocycles. The van der Waals surface area contributed by atoms with Gasteiger partial charge in [0.25, 0.3) is 5.91 Å². The van der Waals surface area contributed by atoms with E-state index in [1.54, 1.807) is 44.3 Å². The molecule has 17 nitrogen and oxygen atoms in total. The van der Waals surface area contributed by atoms with Gasteiger partial charge in [0.2, 0.25) is 21.8 Å². The van der Waals surface area contributed by atoms with Crippen molar-refractivity contribution in [1.82, 2.24) is 39.4 Å². The van der Waals surface area contributed by atoms with Gasteiger partial charge in [-0.3, -0.25) is 34.1 Å². The molecule has 3 N–H and O–H groups in total. The number of carbonyl (C=O) groups is 4. The van der Waals surface area contributed by atoms with Crippen LogP contribution < -0.4 is 10.7 Å². The summed E-state index contributed by atoms with van der Waals surface area (Å²) in [6.45, 7) is 15.2. The Balaban J connectivity index is 1.17. The average molecular weight is 953 g/mol. The third-order valence-corrected chi connectivity index (χ3v) is 16.0. The van der Waals surface area contributed by atoms with Crippen LogP contribution in [0.15, 0.2) is 66.9 Å². The van der Waals surface area contributed by atoms with Crippen LogP contribution in [0, 0.1) is 11.3 Å². The van der Waals surface area contributed by atoms with Crippen molar-refractivity contribution in [3.63, 3.8) is 0 Å². The van der Waals surface area contributed by atoms with Gasteiger partial charge in [-0.15, -0.1) is 0 Å². The lowest BCUT2D eigenvalue weighted by Gasteiger charge is -2.40. The molecule has 6 bridgehead atoms. The summed E-state index contributed by atoms with van der Waals surface area (Å²) in [7, 11) is 1.29. The van der Waals surface area contributed by atoms with Crippen LogP contribution in [0.1, 0.15) is 70.4 Å². The highest BCUT2D eigenvalue weighted by Gasteiger charge is 2.51. The van der Waals surface area contributed by atoms with E-state index in [1.165, 1.54) is 21.3 Å². The Morgan fingerprint density at radius 2 is 1.85 bits per heavy atom. The topological polar surface area (TPSA) is 196 Å². The number of phenolic OH excluding ortho intramolecular Hbond substituents is 1. The fraction of sp³-hybridized carbons (Fsp3) is 0.500. The number of carbonyl (C=O) groups excluding carboxylic acids is 4. The van der Waals surface area contributed by atoms with Gasteiger partial charge in [0, 0.05) is 81.4 Å². The number of amides is 3. The van der Waals surface area contributed by atoms with Gasteiger partial charge in [-0.25, -0.2) is 13.8 Å². The molecule has 2 aromatic heterocycles. The minimum absolute atomic E-state index is 0.00198. The SMILES string of the molecule is C=C(C)[C@@H](C(=O)N[C@H]1Cc2cc(O)cc(c2)-c2ccc3c(c2)c(c(-c2cccnc2[C@H](C)OC)n3CC)CC(C)(C)COC(=O)[C@@H]2CCCN(N2)C1=O)N(C)C(=O)C1CN(S(=O)(=O)[C@H]2CN2C)C1. The first-order valence-electron chi connectivity index (χ1n) is 23.3. The fourth-order valence-electron chi connectivity index (χ4n) is 9.96. The molecule has 3 fully saturated rings. The van der Waals surface area contributed by atoms with E-state index in [2.05, 4.69) is 60.9 Å². The number of phenols is 1. The van der Waals surface area contributed by atoms with Crippen LogP contribution in [-0.2, 0) is 58.1 Å². The number of benzene rings is 2. The molecule has 18 heteroatoms. The normalized spacial score (nSPS) is 23.2. The van der Waals surface area contributed by atoms with Crippen molar-refractivity contribution < 1.29 is 42.2 Å².